The Morgan fingerprint density at radius 2 is 2.17 bits per heavy atom. The summed E-state index contributed by atoms with van der Waals surface area (Å²) in [6.07, 6.45) is 2.33. The number of piperidine rings is 1. The first-order chi connectivity index (χ1) is 8.47. The minimum absolute atomic E-state index is 0.234. The number of nitrogens with one attached hydrogen (secondary N) is 1. The van der Waals surface area contributed by atoms with Gasteiger partial charge in [0.25, 0.3) is 0 Å². The van der Waals surface area contributed by atoms with E-state index in [9.17, 15) is 0 Å². The van der Waals surface area contributed by atoms with Gasteiger partial charge < -0.3 is 10.6 Å². The molecule has 1 aliphatic heterocycles. The summed E-state index contributed by atoms with van der Waals surface area (Å²) in [7, 11) is 0. The van der Waals surface area contributed by atoms with Gasteiger partial charge in [-0.1, -0.05) is 20.8 Å². The van der Waals surface area contributed by atoms with E-state index in [1.807, 2.05) is 0 Å². The summed E-state index contributed by atoms with van der Waals surface area (Å²) >= 11 is 0. The smallest absolute Gasteiger partial charge is 0.244 e. The van der Waals surface area contributed by atoms with Gasteiger partial charge in [-0.05, 0) is 24.2 Å². The predicted octanol–water partition coefficient (Wildman–Crippen LogP) is 1.49. The Morgan fingerprint density at radius 3 is 2.78 bits per heavy atom. The largest absolute Gasteiger partial charge is 0.338 e. The normalized spacial score (nSPS) is 34.7. The van der Waals surface area contributed by atoms with Gasteiger partial charge in [0.1, 0.15) is 5.82 Å². The number of aromatic amines is 1. The van der Waals surface area contributed by atoms with Crippen LogP contribution < -0.4 is 10.6 Å². The molecule has 3 rings (SSSR count). The van der Waals surface area contributed by atoms with E-state index < -0.39 is 0 Å². The van der Waals surface area contributed by atoms with Crippen molar-refractivity contribution in [3.05, 3.63) is 5.82 Å². The lowest BCUT2D eigenvalue weighted by atomic mass is 9.95. The number of H-pyrrole nitrogens is 1. The van der Waals surface area contributed by atoms with Crippen molar-refractivity contribution in [2.45, 2.75) is 45.6 Å². The molecule has 0 aromatic carbocycles. The Hall–Kier alpha value is -1.10. The van der Waals surface area contributed by atoms with E-state index in [1.54, 1.807) is 0 Å². The fourth-order valence-electron chi connectivity index (χ4n) is 2.78. The van der Waals surface area contributed by atoms with Crippen LogP contribution in [0.1, 0.15) is 45.4 Å². The van der Waals surface area contributed by atoms with E-state index in [0.29, 0.717) is 17.3 Å². The number of hydrogen-bond donors (Lipinski definition) is 2. The second kappa shape index (κ2) is 3.95. The maximum absolute atomic E-state index is 6.12. The average molecular weight is 249 g/mol. The zero-order valence-corrected chi connectivity index (χ0v) is 11.5. The Morgan fingerprint density at radius 1 is 1.44 bits per heavy atom. The highest BCUT2D eigenvalue weighted by Crippen LogP contribution is 2.57. The summed E-state index contributed by atoms with van der Waals surface area (Å²) in [5, 5.41) is 7.46. The Bertz CT molecular complexity index is 438. The van der Waals surface area contributed by atoms with E-state index in [4.69, 9.17) is 5.73 Å². The third kappa shape index (κ3) is 2.00. The van der Waals surface area contributed by atoms with Crippen molar-refractivity contribution in [2.75, 3.05) is 18.0 Å². The number of aromatic nitrogens is 3. The maximum atomic E-state index is 6.12. The van der Waals surface area contributed by atoms with Gasteiger partial charge in [0.05, 0.1) is 0 Å². The van der Waals surface area contributed by atoms with E-state index in [2.05, 4.69) is 40.9 Å². The summed E-state index contributed by atoms with van der Waals surface area (Å²) < 4.78 is 0. The first-order valence-corrected chi connectivity index (χ1v) is 6.90. The minimum Gasteiger partial charge on any atom is -0.338 e. The molecule has 1 aromatic heterocycles. The number of nitrogens with two attached hydrogens (primary N) is 1. The van der Waals surface area contributed by atoms with Crippen molar-refractivity contribution < 1.29 is 0 Å². The number of nitrogens with zero attached hydrogens (tertiary/aromatic N) is 3. The van der Waals surface area contributed by atoms with Crippen LogP contribution in [0.5, 0.6) is 0 Å². The number of hydrogen-bond acceptors (Lipinski definition) is 4. The predicted molar refractivity (Wildman–Crippen MR) is 71.5 cm³/mol. The van der Waals surface area contributed by atoms with Crippen molar-refractivity contribution in [3.8, 4) is 0 Å². The van der Waals surface area contributed by atoms with Crippen LogP contribution in [-0.4, -0.2) is 34.3 Å². The Labute approximate surface area is 108 Å². The van der Waals surface area contributed by atoms with Gasteiger partial charge >= 0.3 is 0 Å². The molecule has 3 N–H and O–H groups in total. The van der Waals surface area contributed by atoms with E-state index in [0.717, 1.165) is 31.3 Å². The van der Waals surface area contributed by atoms with Gasteiger partial charge in [-0.3, -0.25) is 5.10 Å². The third-order valence-corrected chi connectivity index (χ3v) is 4.63. The van der Waals surface area contributed by atoms with Crippen molar-refractivity contribution in [3.63, 3.8) is 0 Å². The molecule has 1 saturated carbocycles. The molecule has 0 amide bonds. The molecule has 2 aliphatic rings. The molecular weight excluding hydrogens is 226 g/mol. The fourth-order valence-corrected chi connectivity index (χ4v) is 2.78. The summed E-state index contributed by atoms with van der Waals surface area (Å²) in [5.41, 5.74) is 6.51. The van der Waals surface area contributed by atoms with Gasteiger partial charge in [0.2, 0.25) is 5.95 Å². The highest BCUT2D eigenvalue weighted by molar-refractivity contribution is 5.32. The van der Waals surface area contributed by atoms with Crippen LogP contribution in [0.4, 0.5) is 5.95 Å². The summed E-state index contributed by atoms with van der Waals surface area (Å²) in [5.74, 6) is 3.02. The molecule has 1 aromatic rings. The van der Waals surface area contributed by atoms with Gasteiger partial charge in [-0.25, -0.2) is 0 Å². The SMILES string of the molecule is CC1CCN(c2n[nH]c(C3CC3(C)C)n2)CC1N. The fraction of sp³-hybridized carbons (Fsp3) is 0.846. The van der Waals surface area contributed by atoms with Crippen LogP contribution in [0.2, 0.25) is 0 Å². The molecule has 1 aliphatic carbocycles. The van der Waals surface area contributed by atoms with Crippen molar-refractivity contribution in [1.82, 2.24) is 15.2 Å². The molecule has 5 heteroatoms. The van der Waals surface area contributed by atoms with Crippen LogP contribution in [0.3, 0.4) is 0 Å². The van der Waals surface area contributed by atoms with Gasteiger partial charge in [-0.2, -0.15) is 4.98 Å². The first-order valence-electron chi connectivity index (χ1n) is 6.90. The molecule has 100 valence electrons. The highest BCUT2D eigenvalue weighted by atomic mass is 15.4. The average Bonchev–Trinajstić information content (AvgIpc) is 2.78. The molecule has 3 unspecified atom stereocenters. The third-order valence-electron chi connectivity index (χ3n) is 4.63. The standard InChI is InChI=1S/C13H23N5/c1-8-4-5-18(7-10(8)14)12-15-11(16-17-12)9-6-13(9,2)3/h8-10H,4-7,14H2,1-3H3,(H,15,16,17). The lowest BCUT2D eigenvalue weighted by molar-refractivity contribution is 0.376. The first kappa shape index (κ1) is 12.0. The molecule has 0 bridgehead atoms. The molecular formula is C13H23N5. The lowest BCUT2D eigenvalue weighted by Gasteiger charge is -2.34. The summed E-state index contributed by atoms with van der Waals surface area (Å²) in [6.45, 7) is 8.65. The zero-order valence-electron chi connectivity index (χ0n) is 11.5. The topological polar surface area (TPSA) is 70.8 Å². The highest BCUT2D eigenvalue weighted by Gasteiger charge is 2.48. The van der Waals surface area contributed by atoms with Crippen molar-refractivity contribution in [1.29, 1.82) is 0 Å². The maximum Gasteiger partial charge on any atom is 0.244 e. The van der Waals surface area contributed by atoms with Crippen molar-refractivity contribution >= 4 is 5.95 Å². The second-order valence-electron chi connectivity index (χ2n) is 6.64. The Balaban J connectivity index is 1.70. The molecule has 2 heterocycles. The molecule has 3 atom stereocenters. The molecule has 0 radical (unpaired) electrons. The lowest BCUT2D eigenvalue weighted by Crippen LogP contribution is -2.48. The van der Waals surface area contributed by atoms with Gasteiger partial charge in [0, 0.05) is 25.0 Å². The van der Waals surface area contributed by atoms with E-state index in [-0.39, 0.29) is 6.04 Å². The number of anilines is 1. The van der Waals surface area contributed by atoms with Gasteiger partial charge in [-0.15, -0.1) is 5.10 Å². The van der Waals surface area contributed by atoms with Crippen LogP contribution in [-0.2, 0) is 0 Å². The minimum atomic E-state index is 0.234. The van der Waals surface area contributed by atoms with Crippen LogP contribution >= 0.6 is 0 Å². The molecule has 18 heavy (non-hydrogen) atoms. The quantitative estimate of drug-likeness (QED) is 0.833. The van der Waals surface area contributed by atoms with Crippen LogP contribution in [0, 0.1) is 11.3 Å². The van der Waals surface area contributed by atoms with E-state index in [1.165, 1.54) is 6.42 Å². The summed E-state index contributed by atoms with van der Waals surface area (Å²) in [6, 6.07) is 0.234. The molecule has 2 fully saturated rings. The molecule has 1 saturated heterocycles. The molecule has 5 nitrogen and oxygen atoms in total. The Kier molecular flexibility index (Phi) is 2.62. The van der Waals surface area contributed by atoms with Gasteiger partial charge in [0.15, 0.2) is 0 Å². The van der Waals surface area contributed by atoms with Crippen LogP contribution in [0.25, 0.3) is 0 Å². The second-order valence-corrected chi connectivity index (χ2v) is 6.64. The summed E-state index contributed by atoms with van der Waals surface area (Å²) in [4.78, 5) is 6.86. The van der Waals surface area contributed by atoms with Crippen molar-refractivity contribution in [2.24, 2.45) is 17.1 Å². The number of rotatable bonds is 2. The zero-order chi connectivity index (χ0) is 12.9. The van der Waals surface area contributed by atoms with Crippen LogP contribution in [0.15, 0.2) is 0 Å². The monoisotopic (exact) mass is 249 g/mol. The van der Waals surface area contributed by atoms with E-state index >= 15 is 0 Å². The molecule has 0 spiro atoms.